The molecule has 1 aromatic rings. The predicted octanol–water partition coefficient (Wildman–Crippen LogP) is 1.33. The smallest absolute Gasteiger partial charge is 0.323 e. The number of non-ortho nitro benzene ring substituents is 1. The molecule has 1 aromatic carbocycles. The molecule has 6 nitrogen and oxygen atoms in total. The minimum Gasteiger partial charge on any atom is -0.468 e. The van der Waals surface area contributed by atoms with Gasteiger partial charge in [-0.2, -0.15) is 11.8 Å². The van der Waals surface area contributed by atoms with E-state index in [4.69, 9.17) is 5.73 Å². The number of thioether (sulfide) groups is 1. The second-order valence-corrected chi connectivity index (χ2v) is 4.60. The van der Waals surface area contributed by atoms with Gasteiger partial charge in [-0.05, 0) is 5.56 Å². The van der Waals surface area contributed by atoms with Gasteiger partial charge in [-0.3, -0.25) is 14.9 Å². The Labute approximate surface area is 109 Å². The minimum atomic E-state index is -0.641. The second-order valence-electron chi connectivity index (χ2n) is 3.57. The average Bonchev–Trinajstić information content (AvgIpc) is 2.38. The summed E-state index contributed by atoms with van der Waals surface area (Å²) in [5, 5.41) is 10.5. The van der Waals surface area contributed by atoms with Crippen molar-refractivity contribution in [3.8, 4) is 0 Å². The molecule has 0 aliphatic rings. The van der Waals surface area contributed by atoms with Crippen molar-refractivity contribution in [1.29, 1.82) is 0 Å². The Morgan fingerprint density at radius 3 is 2.61 bits per heavy atom. The Bertz CT molecular complexity index is 422. The summed E-state index contributed by atoms with van der Waals surface area (Å²) in [5.74, 6) is 0.651. The van der Waals surface area contributed by atoms with Crippen LogP contribution in [0.3, 0.4) is 0 Å². The molecule has 0 fully saturated rings. The number of hydrogen-bond acceptors (Lipinski definition) is 6. The zero-order chi connectivity index (χ0) is 13.5. The minimum absolute atomic E-state index is 0.0648. The number of carbonyl (C=O) groups is 1. The number of hydrogen-bond donors (Lipinski definition) is 1. The summed E-state index contributed by atoms with van der Waals surface area (Å²) in [6, 6.07) is 5.65. The summed E-state index contributed by atoms with van der Waals surface area (Å²) in [6.07, 6.45) is 0. The van der Waals surface area contributed by atoms with Gasteiger partial charge >= 0.3 is 5.97 Å². The fourth-order valence-electron chi connectivity index (χ4n) is 1.24. The molecule has 0 amide bonds. The SMILES string of the molecule is COC(=O)[C@@H](N)CSCc1ccc([N+](=O)[O-])cc1. The largest absolute Gasteiger partial charge is 0.468 e. The molecule has 98 valence electrons. The van der Waals surface area contributed by atoms with E-state index in [1.807, 2.05) is 0 Å². The number of nitro groups is 1. The molecule has 0 aliphatic heterocycles. The normalized spacial score (nSPS) is 11.9. The van der Waals surface area contributed by atoms with Crippen molar-refractivity contribution in [3.63, 3.8) is 0 Å². The fourth-order valence-corrected chi connectivity index (χ4v) is 2.17. The molecular weight excluding hydrogens is 256 g/mol. The van der Waals surface area contributed by atoms with Crippen LogP contribution in [0.25, 0.3) is 0 Å². The van der Waals surface area contributed by atoms with Crippen molar-refractivity contribution in [2.75, 3.05) is 12.9 Å². The van der Waals surface area contributed by atoms with Crippen LogP contribution in [0.1, 0.15) is 5.56 Å². The summed E-state index contributed by atoms with van der Waals surface area (Å²) >= 11 is 1.48. The molecular formula is C11H14N2O4S. The molecule has 0 radical (unpaired) electrons. The quantitative estimate of drug-likeness (QED) is 0.476. The number of ether oxygens (including phenoxy) is 1. The molecule has 0 aliphatic carbocycles. The van der Waals surface area contributed by atoms with E-state index in [-0.39, 0.29) is 5.69 Å². The third kappa shape index (κ3) is 4.34. The van der Waals surface area contributed by atoms with E-state index in [0.717, 1.165) is 5.56 Å². The van der Waals surface area contributed by atoms with Gasteiger partial charge < -0.3 is 10.5 Å². The van der Waals surface area contributed by atoms with Gasteiger partial charge in [0, 0.05) is 23.6 Å². The Morgan fingerprint density at radius 2 is 2.11 bits per heavy atom. The van der Waals surface area contributed by atoms with Crippen LogP contribution in [0.5, 0.6) is 0 Å². The van der Waals surface area contributed by atoms with E-state index in [2.05, 4.69) is 4.74 Å². The number of esters is 1. The van der Waals surface area contributed by atoms with Gasteiger partial charge in [0.25, 0.3) is 5.69 Å². The zero-order valence-electron chi connectivity index (χ0n) is 9.87. The lowest BCUT2D eigenvalue weighted by Gasteiger charge is -2.08. The van der Waals surface area contributed by atoms with Crippen LogP contribution >= 0.6 is 11.8 Å². The van der Waals surface area contributed by atoms with Gasteiger partial charge in [0.15, 0.2) is 0 Å². The molecule has 2 N–H and O–H groups in total. The van der Waals surface area contributed by atoms with Gasteiger partial charge in [-0.1, -0.05) is 12.1 Å². The van der Waals surface area contributed by atoms with E-state index in [1.165, 1.54) is 31.0 Å². The van der Waals surface area contributed by atoms with Crippen molar-refractivity contribution in [1.82, 2.24) is 0 Å². The third-order valence-electron chi connectivity index (χ3n) is 2.22. The highest BCUT2D eigenvalue weighted by Crippen LogP contribution is 2.17. The molecule has 1 atom stereocenters. The number of nitrogens with two attached hydrogens (primary N) is 1. The number of carbonyl (C=O) groups excluding carboxylic acids is 1. The average molecular weight is 270 g/mol. The lowest BCUT2D eigenvalue weighted by molar-refractivity contribution is -0.384. The van der Waals surface area contributed by atoms with E-state index in [1.54, 1.807) is 12.1 Å². The Balaban J connectivity index is 2.40. The van der Waals surface area contributed by atoms with E-state index in [9.17, 15) is 14.9 Å². The van der Waals surface area contributed by atoms with Crippen molar-refractivity contribution in [3.05, 3.63) is 39.9 Å². The number of rotatable bonds is 6. The number of methoxy groups -OCH3 is 1. The summed E-state index contributed by atoms with van der Waals surface area (Å²) in [5.41, 5.74) is 6.58. The summed E-state index contributed by atoms with van der Waals surface area (Å²) in [4.78, 5) is 21.1. The van der Waals surface area contributed by atoms with Crippen LogP contribution in [-0.2, 0) is 15.3 Å². The summed E-state index contributed by atoms with van der Waals surface area (Å²) in [7, 11) is 1.29. The van der Waals surface area contributed by atoms with Crippen LogP contribution < -0.4 is 5.73 Å². The maximum absolute atomic E-state index is 11.0. The molecule has 0 aromatic heterocycles. The van der Waals surface area contributed by atoms with Gasteiger partial charge in [0.2, 0.25) is 0 Å². The predicted molar refractivity (Wildman–Crippen MR) is 69.2 cm³/mol. The zero-order valence-corrected chi connectivity index (χ0v) is 10.7. The van der Waals surface area contributed by atoms with Crippen molar-refractivity contribution >= 4 is 23.4 Å². The van der Waals surface area contributed by atoms with Gasteiger partial charge in [0.1, 0.15) is 6.04 Å². The van der Waals surface area contributed by atoms with Crippen molar-refractivity contribution in [2.45, 2.75) is 11.8 Å². The summed E-state index contributed by atoms with van der Waals surface area (Å²) < 4.78 is 4.50. The van der Waals surface area contributed by atoms with Gasteiger partial charge in [0.05, 0.1) is 12.0 Å². The Kier molecular flexibility index (Phi) is 5.60. The first kappa shape index (κ1) is 14.5. The molecule has 0 heterocycles. The highest BCUT2D eigenvalue weighted by molar-refractivity contribution is 7.98. The van der Waals surface area contributed by atoms with Crippen LogP contribution in [0.15, 0.2) is 24.3 Å². The first-order valence-electron chi connectivity index (χ1n) is 5.19. The van der Waals surface area contributed by atoms with Crippen LogP contribution in [0.4, 0.5) is 5.69 Å². The molecule has 1 rings (SSSR count). The van der Waals surface area contributed by atoms with E-state index >= 15 is 0 Å². The Hall–Kier alpha value is -1.60. The molecule has 7 heteroatoms. The third-order valence-corrected chi connectivity index (χ3v) is 3.35. The first-order chi connectivity index (χ1) is 8.54. The van der Waals surface area contributed by atoms with Crippen molar-refractivity contribution in [2.24, 2.45) is 5.73 Å². The standard InChI is InChI=1S/C11H14N2O4S/c1-17-11(14)10(12)7-18-6-8-2-4-9(5-3-8)13(15)16/h2-5,10H,6-7,12H2,1H3/t10-/m0/s1. The van der Waals surface area contributed by atoms with Crippen molar-refractivity contribution < 1.29 is 14.5 Å². The number of benzene rings is 1. The molecule has 0 spiro atoms. The van der Waals surface area contributed by atoms with E-state index in [0.29, 0.717) is 11.5 Å². The monoisotopic (exact) mass is 270 g/mol. The summed E-state index contributed by atoms with van der Waals surface area (Å²) in [6.45, 7) is 0. The lowest BCUT2D eigenvalue weighted by atomic mass is 10.2. The maximum Gasteiger partial charge on any atom is 0.323 e. The number of nitro benzene ring substituents is 1. The van der Waals surface area contributed by atoms with Crippen LogP contribution in [0.2, 0.25) is 0 Å². The fraction of sp³-hybridized carbons (Fsp3) is 0.364. The van der Waals surface area contributed by atoms with E-state index < -0.39 is 16.9 Å². The second kappa shape index (κ2) is 6.97. The maximum atomic E-state index is 11.0. The first-order valence-corrected chi connectivity index (χ1v) is 6.34. The molecule has 0 unspecified atom stereocenters. The van der Waals surface area contributed by atoms with Crippen LogP contribution in [-0.4, -0.2) is 29.8 Å². The highest BCUT2D eigenvalue weighted by atomic mass is 32.2. The topological polar surface area (TPSA) is 95.5 Å². The molecule has 18 heavy (non-hydrogen) atoms. The number of nitrogens with zero attached hydrogens (tertiary/aromatic N) is 1. The molecule has 0 saturated heterocycles. The molecule has 0 saturated carbocycles. The highest BCUT2D eigenvalue weighted by Gasteiger charge is 2.13. The Morgan fingerprint density at radius 1 is 1.50 bits per heavy atom. The van der Waals surface area contributed by atoms with Gasteiger partial charge in [-0.25, -0.2) is 0 Å². The lowest BCUT2D eigenvalue weighted by Crippen LogP contribution is -2.33. The van der Waals surface area contributed by atoms with Gasteiger partial charge in [-0.15, -0.1) is 0 Å². The van der Waals surface area contributed by atoms with Crippen LogP contribution in [0, 0.1) is 10.1 Å². The molecule has 0 bridgehead atoms.